The Kier molecular flexibility index (Phi) is 5.71. The summed E-state index contributed by atoms with van der Waals surface area (Å²) in [6.45, 7) is 1.98. The summed E-state index contributed by atoms with van der Waals surface area (Å²) in [5.41, 5.74) is 2.15. The fourth-order valence-corrected chi connectivity index (χ4v) is 4.22. The van der Waals surface area contributed by atoms with E-state index in [1.165, 1.54) is 7.11 Å². The molecule has 0 bridgehead atoms. The van der Waals surface area contributed by atoms with E-state index < -0.39 is 36.9 Å². The molecular weight excluding hydrogens is 414 g/mol. The van der Waals surface area contributed by atoms with Crippen LogP contribution in [0.4, 0.5) is 5.69 Å². The molecule has 0 aliphatic carbocycles. The van der Waals surface area contributed by atoms with Crippen molar-refractivity contribution in [2.24, 2.45) is 0 Å². The average Bonchev–Trinajstić information content (AvgIpc) is 2.82. The molecular formula is C24H25NO7. The highest BCUT2D eigenvalue weighted by atomic mass is 16.7. The monoisotopic (exact) mass is 439 g/mol. The number of aliphatic hydroxyl groups excluding tert-OH is 1. The largest absolute Gasteiger partial charge is 0.422 e. The maximum Gasteiger partial charge on any atom is 0.339 e. The molecule has 3 heterocycles. The van der Waals surface area contributed by atoms with E-state index in [0.717, 1.165) is 10.9 Å². The summed E-state index contributed by atoms with van der Waals surface area (Å²) in [7, 11) is 1.52. The predicted molar refractivity (Wildman–Crippen MR) is 116 cm³/mol. The normalized spacial score (nSPS) is 30.1. The zero-order chi connectivity index (χ0) is 22.2. The standard InChI is InChI=1S/C24H25NO7/c1-13-10-15-8-9-16(11-17(15)30-22(13)27)25-19-20(26)21-18(31-24(19)28-2)12-29-23(32-21)14-6-4-3-5-7-14/h3-11,18-21,23-26H,12H2,1-2H3/t18?,19-,20?,21+,23?,24-/m0/s1. The van der Waals surface area contributed by atoms with Crippen LogP contribution in [0.3, 0.4) is 0 Å². The molecule has 0 spiro atoms. The lowest BCUT2D eigenvalue weighted by Crippen LogP contribution is -2.64. The molecule has 2 aliphatic rings. The van der Waals surface area contributed by atoms with E-state index in [9.17, 15) is 9.90 Å². The second-order valence-electron chi connectivity index (χ2n) is 8.09. The summed E-state index contributed by atoms with van der Waals surface area (Å²) in [5, 5.41) is 15.3. The second-order valence-corrected chi connectivity index (χ2v) is 8.09. The van der Waals surface area contributed by atoms with Gasteiger partial charge in [-0.15, -0.1) is 0 Å². The zero-order valence-corrected chi connectivity index (χ0v) is 17.8. The van der Waals surface area contributed by atoms with Crippen molar-refractivity contribution in [2.45, 2.75) is 43.9 Å². The first kappa shape index (κ1) is 21.1. The van der Waals surface area contributed by atoms with Crippen molar-refractivity contribution in [1.29, 1.82) is 0 Å². The number of hydrogen-bond donors (Lipinski definition) is 2. The lowest BCUT2D eigenvalue weighted by molar-refractivity contribution is -0.337. The number of aryl methyl sites for hydroxylation is 1. The van der Waals surface area contributed by atoms with E-state index in [1.807, 2.05) is 42.5 Å². The van der Waals surface area contributed by atoms with Crippen LogP contribution in [0, 0.1) is 6.92 Å². The molecule has 2 N–H and O–H groups in total. The highest BCUT2D eigenvalue weighted by Gasteiger charge is 2.49. The maximum absolute atomic E-state index is 11.9. The van der Waals surface area contributed by atoms with Crippen LogP contribution in [-0.2, 0) is 18.9 Å². The highest BCUT2D eigenvalue weighted by Crippen LogP contribution is 2.35. The summed E-state index contributed by atoms with van der Waals surface area (Å²) < 4.78 is 28.8. The number of anilines is 1. The molecule has 0 saturated carbocycles. The van der Waals surface area contributed by atoms with Crippen LogP contribution in [0.2, 0.25) is 0 Å². The Bertz CT molecular complexity index is 1150. The number of benzene rings is 2. The molecule has 2 saturated heterocycles. The first-order valence-corrected chi connectivity index (χ1v) is 10.5. The Morgan fingerprint density at radius 2 is 1.91 bits per heavy atom. The van der Waals surface area contributed by atoms with Crippen LogP contribution >= 0.6 is 0 Å². The van der Waals surface area contributed by atoms with Crippen molar-refractivity contribution in [1.82, 2.24) is 0 Å². The molecule has 0 amide bonds. The predicted octanol–water partition coefficient (Wildman–Crippen LogP) is 2.73. The van der Waals surface area contributed by atoms with Crippen LogP contribution in [-0.4, -0.2) is 49.5 Å². The molecule has 1 aromatic heterocycles. The number of hydrogen-bond acceptors (Lipinski definition) is 8. The number of nitrogens with one attached hydrogen (secondary N) is 1. The van der Waals surface area contributed by atoms with Gasteiger partial charge in [0.1, 0.15) is 29.9 Å². The van der Waals surface area contributed by atoms with Gasteiger partial charge < -0.3 is 33.8 Å². The van der Waals surface area contributed by atoms with Gasteiger partial charge in [-0.25, -0.2) is 4.79 Å². The number of rotatable bonds is 4. The molecule has 2 aliphatic heterocycles. The second kappa shape index (κ2) is 8.65. The fourth-order valence-electron chi connectivity index (χ4n) is 4.22. The minimum atomic E-state index is -0.936. The Hall–Kier alpha value is -2.75. The Balaban J connectivity index is 1.39. The molecule has 2 aromatic carbocycles. The van der Waals surface area contributed by atoms with E-state index in [1.54, 1.807) is 19.1 Å². The summed E-state index contributed by atoms with van der Waals surface area (Å²) in [6.07, 6.45) is -3.33. The van der Waals surface area contributed by atoms with Gasteiger partial charge in [-0.05, 0) is 25.1 Å². The average molecular weight is 439 g/mol. The van der Waals surface area contributed by atoms with Crippen molar-refractivity contribution in [3.63, 3.8) is 0 Å². The van der Waals surface area contributed by atoms with E-state index in [4.69, 9.17) is 23.4 Å². The number of fused-ring (bicyclic) bond motifs is 2. The van der Waals surface area contributed by atoms with Crippen LogP contribution in [0.15, 0.2) is 63.8 Å². The summed E-state index contributed by atoms with van der Waals surface area (Å²) in [6, 6.07) is 16.2. The molecule has 32 heavy (non-hydrogen) atoms. The lowest BCUT2D eigenvalue weighted by atomic mass is 9.95. The molecule has 0 radical (unpaired) electrons. The Morgan fingerprint density at radius 1 is 1.09 bits per heavy atom. The van der Waals surface area contributed by atoms with Gasteiger partial charge in [0.05, 0.1) is 6.61 Å². The Labute approximate surface area is 184 Å². The van der Waals surface area contributed by atoms with E-state index >= 15 is 0 Å². The Morgan fingerprint density at radius 3 is 2.69 bits per heavy atom. The van der Waals surface area contributed by atoms with E-state index in [2.05, 4.69) is 5.32 Å². The smallest absolute Gasteiger partial charge is 0.339 e. The van der Waals surface area contributed by atoms with Crippen LogP contribution in [0.5, 0.6) is 0 Å². The van der Waals surface area contributed by atoms with Gasteiger partial charge in [-0.2, -0.15) is 0 Å². The van der Waals surface area contributed by atoms with Gasteiger partial charge in [0.15, 0.2) is 12.6 Å². The minimum Gasteiger partial charge on any atom is -0.422 e. The highest BCUT2D eigenvalue weighted by molar-refractivity contribution is 5.80. The summed E-state index contributed by atoms with van der Waals surface area (Å²) in [4.78, 5) is 11.9. The number of aliphatic hydroxyl groups is 1. The molecule has 8 nitrogen and oxygen atoms in total. The quantitative estimate of drug-likeness (QED) is 0.599. The van der Waals surface area contributed by atoms with Crippen LogP contribution in [0.1, 0.15) is 17.4 Å². The van der Waals surface area contributed by atoms with Gasteiger partial charge in [0, 0.05) is 35.4 Å². The van der Waals surface area contributed by atoms with Crippen molar-refractivity contribution in [3.8, 4) is 0 Å². The number of ether oxygens (including phenoxy) is 4. The van der Waals surface area contributed by atoms with Crippen molar-refractivity contribution >= 4 is 16.7 Å². The van der Waals surface area contributed by atoms with E-state index in [-0.39, 0.29) is 12.2 Å². The number of methoxy groups -OCH3 is 1. The molecule has 3 unspecified atom stereocenters. The SMILES string of the molecule is CO[C@H]1OC2COC(c3ccccc3)O[C@H]2C(O)[C@@H]1Nc1ccc2cc(C)c(=O)oc2c1. The zero-order valence-electron chi connectivity index (χ0n) is 17.8. The third-order valence-corrected chi connectivity index (χ3v) is 5.91. The fraction of sp³-hybridized carbons (Fsp3) is 0.375. The van der Waals surface area contributed by atoms with Gasteiger partial charge in [-0.1, -0.05) is 30.3 Å². The van der Waals surface area contributed by atoms with Crippen molar-refractivity contribution in [2.75, 3.05) is 19.0 Å². The molecule has 5 rings (SSSR count). The molecule has 168 valence electrons. The van der Waals surface area contributed by atoms with E-state index in [0.29, 0.717) is 16.8 Å². The van der Waals surface area contributed by atoms with Crippen LogP contribution < -0.4 is 10.9 Å². The third kappa shape index (κ3) is 3.92. The molecule has 8 heteroatoms. The third-order valence-electron chi connectivity index (χ3n) is 5.91. The molecule has 3 aromatic rings. The van der Waals surface area contributed by atoms with Gasteiger partial charge in [0.25, 0.3) is 0 Å². The molecule has 2 fully saturated rings. The van der Waals surface area contributed by atoms with Gasteiger partial charge in [-0.3, -0.25) is 0 Å². The molecule has 6 atom stereocenters. The first-order valence-electron chi connectivity index (χ1n) is 10.5. The van der Waals surface area contributed by atoms with Crippen molar-refractivity contribution < 1.29 is 28.5 Å². The topological polar surface area (TPSA) is 99.4 Å². The summed E-state index contributed by atoms with van der Waals surface area (Å²) in [5.74, 6) is 0. The van der Waals surface area contributed by atoms with Gasteiger partial charge >= 0.3 is 5.63 Å². The summed E-state index contributed by atoms with van der Waals surface area (Å²) >= 11 is 0. The lowest BCUT2D eigenvalue weighted by Gasteiger charge is -2.47. The van der Waals surface area contributed by atoms with Crippen LogP contribution in [0.25, 0.3) is 11.0 Å². The van der Waals surface area contributed by atoms with Crippen molar-refractivity contribution in [3.05, 3.63) is 76.1 Å². The first-order chi connectivity index (χ1) is 15.5. The van der Waals surface area contributed by atoms with Gasteiger partial charge in [0.2, 0.25) is 0 Å². The maximum atomic E-state index is 11.9. The minimum absolute atomic E-state index is 0.272.